The lowest BCUT2D eigenvalue weighted by Crippen LogP contribution is -2.54. The molecule has 0 radical (unpaired) electrons. The topological polar surface area (TPSA) is 130 Å². The van der Waals surface area contributed by atoms with Crippen molar-refractivity contribution >= 4 is 29.6 Å². The molecule has 1 fully saturated rings. The third-order valence-electron chi connectivity index (χ3n) is 5.28. The molecule has 9 nitrogen and oxygen atoms in total. The lowest BCUT2D eigenvalue weighted by molar-refractivity contribution is -0.145. The minimum Gasteiger partial charge on any atom is -0.479 e. The number of nitrogens with one attached hydrogen (secondary N) is 1. The van der Waals surface area contributed by atoms with E-state index in [4.69, 9.17) is 4.74 Å². The van der Waals surface area contributed by atoms with E-state index in [2.05, 4.69) is 12.2 Å². The van der Waals surface area contributed by atoms with Gasteiger partial charge in [0, 0.05) is 6.42 Å². The van der Waals surface area contributed by atoms with Crippen molar-refractivity contribution in [3.05, 3.63) is 29.3 Å². The van der Waals surface area contributed by atoms with Gasteiger partial charge in [0.05, 0.1) is 11.1 Å². The highest BCUT2D eigenvalue weighted by Crippen LogP contribution is 2.30. The van der Waals surface area contributed by atoms with Crippen LogP contribution in [0.1, 0.15) is 72.6 Å². The van der Waals surface area contributed by atoms with Crippen LogP contribution in [0, 0.1) is 0 Å². The molecule has 30 heavy (non-hydrogen) atoms. The minimum atomic E-state index is -1.10. The van der Waals surface area contributed by atoms with Crippen molar-refractivity contribution in [1.82, 2.24) is 10.2 Å². The highest BCUT2D eigenvalue weighted by molar-refractivity contribution is 6.23. The van der Waals surface area contributed by atoms with E-state index in [1.165, 1.54) is 18.2 Å². The third-order valence-corrected chi connectivity index (χ3v) is 5.28. The Morgan fingerprint density at radius 3 is 2.57 bits per heavy atom. The fraction of sp³-hybridized carbons (Fsp3) is 0.476. The van der Waals surface area contributed by atoms with E-state index in [-0.39, 0.29) is 29.7 Å². The van der Waals surface area contributed by atoms with Gasteiger partial charge in [-0.2, -0.15) is 0 Å². The normalized spacial score (nSPS) is 19.5. The summed E-state index contributed by atoms with van der Waals surface area (Å²) in [5, 5.41) is 11.6. The number of imide groups is 2. The van der Waals surface area contributed by atoms with Crippen LogP contribution in [0.3, 0.4) is 0 Å². The van der Waals surface area contributed by atoms with Crippen LogP contribution in [0.5, 0.6) is 5.75 Å². The van der Waals surface area contributed by atoms with E-state index < -0.39 is 41.7 Å². The van der Waals surface area contributed by atoms with Gasteiger partial charge in [0.25, 0.3) is 11.8 Å². The molecular formula is C21H24N2O7. The van der Waals surface area contributed by atoms with Crippen molar-refractivity contribution in [1.29, 1.82) is 0 Å². The van der Waals surface area contributed by atoms with Gasteiger partial charge in [0.1, 0.15) is 11.8 Å². The number of nitrogens with zero attached hydrogens (tertiary/aromatic N) is 1. The van der Waals surface area contributed by atoms with E-state index in [9.17, 15) is 29.1 Å². The summed E-state index contributed by atoms with van der Waals surface area (Å²) in [6.45, 7) is 2.06. The number of piperidine rings is 1. The first kappa shape index (κ1) is 21.5. The maximum atomic E-state index is 12.8. The Labute approximate surface area is 173 Å². The summed E-state index contributed by atoms with van der Waals surface area (Å²) in [7, 11) is 0. The Morgan fingerprint density at radius 1 is 1.17 bits per heavy atom. The number of carbonyl (C=O) groups is 5. The smallest absolute Gasteiger partial charge is 0.344 e. The number of aliphatic carboxylic acids is 1. The monoisotopic (exact) mass is 416 g/mol. The minimum absolute atomic E-state index is 0.0382. The molecule has 9 heteroatoms. The number of benzene rings is 1. The second kappa shape index (κ2) is 9.06. The lowest BCUT2D eigenvalue weighted by Gasteiger charge is -2.27. The summed E-state index contributed by atoms with van der Waals surface area (Å²) in [6.07, 6.45) is 3.04. The summed E-state index contributed by atoms with van der Waals surface area (Å²) in [6, 6.07) is 3.13. The summed E-state index contributed by atoms with van der Waals surface area (Å²) >= 11 is 0. The van der Waals surface area contributed by atoms with E-state index in [1.54, 1.807) is 0 Å². The summed E-state index contributed by atoms with van der Waals surface area (Å²) in [5.41, 5.74) is 0.171. The number of hydrogen-bond donors (Lipinski definition) is 2. The zero-order valence-electron chi connectivity index (χ0n) is 16.7. The fourth-order valence-electron chi connectivity index (χ4n) is 3.68. The first-order chi connectivity index (χ1) is 14.3. The van der Waals surface area contributed by atoms with Gasteiger partial charge in [-0.05, 0) is 37.5 Å². The Morgan fingerprint density at radius 2 is 1.90 bits per heavy atom. The molecule has 0 aliphatic carbocycles. The average Bonchev–Trinajstić information content (AvgIpc) is 2.94. The van der Waals surface area contributed by atoms with Crippen molar-refractivity contribution in [3.8, 4) is 5.75 Å². The summed E-state index contributed by atoms with van der Waals surface area (Å²) in [4.78, 5) is 61.3. The molecule has 4 amide bonds. The van der Waals surface area contributed by atoms with E-state index in [1.807, 2.05) is 0 Å². The summed E-state index contributed by atoms with van der Waals surface area (Å²) in [5.74, 6) is -3.34. The lowest BCUT2D eigenvalue weighted by atomic mass is 10.0. The maximum absolute atomic E-state index is 12.8. The van der Waals surface area contributed by atoms with Gasteiger partial charge in [-0.3, -0.25) is 29.4 Å². The van der Waals surface area contributed by atoms with Crippen LogP contribution >= 0.6 is 0 Å². The number of carboxylic acid groups (broad SMARTS) is 1. The van der Waals surface area contributed by atoms with Crippen LogP contribution in [0.25, 0.3) is 0 Å². The summed E-state index contributed by atoms with van der Waals surface area (Å²) < 4.78 is 5.58. The first-order valence-corrected chi connectivity index (χ1v) is 10.1. The number of carboxylic acids is 1. The van der Waals surface area contributed by atoms with Crippen LogP contribution in [0.15, 0.2) is 18.2 Å². The first-order valence-electron chi connectivity index (χ1n) is 10.1. The second-order valence-electron chi connectivity index (χ2n) is 7.45. The molecule has 160 valence electrons. The van der Waals surface area contributed by atoms with Crippen molar-refractivity contribution in [2.75, 3.05) is 0 Å². The number of unbranched alkanes of at least 4 members (excludes halogenated alkanes) is 3. The number of hydrogen-bond acceptors (Lipinski definition) is 6. The number of carbonyl (C=O) groups excluding carboxylic acids is 4. The van der Waals surface area contributed by atoms with Crippen LogP contribution in [-0.4, -0.2) is 51.8 Å². The van der Waals surface area contributed by atoms with Crippen LogP contribution < -0.4 is 10.1 Å². The largest absolute Gasteiger partial charge is 0.479 e. The molecule has 1 aromatic carbocycles. The molecule has 1 aromatic rings. The number of ether oxygens (including phenoxy) is 1. The standard InChI is InChI=1S/C21H24N2O7/c1-2-3-4-5-6-16(21(28)29)30-12-7-8-13-14(11-12)20(27)23(19(13)26)15-9-10-17(24)22-18(15)25/h7-8,11,15-16H,2-6,9-10H2,1H3,(H,28,29)(H,22,24,25). The van der Waals surface area contributed by atoms with Crippen molar-refractivity contribution in [2.24, 2.45) is 0 Å². The average molecular weight is 416 g/mol. The Balaban J connectivity index is 1.75. The fourth-order valence-corrected chi connectivity index (χ4v) is 3.68. The molecule has 2 aliphatic heterocycles. The SMILES string of the molecule is CCCCCCC(Oc1ccc2c(c1)C(=O)N(C1CCC(=O)NC1=O)C2=O)C(=O)O. The maximum Gasteiger partial charge on any atom is 0.344 e. The predicted octanol–water partition coefficient (Wildman–Crippen LogP) is 1.89. The Kier molecular flexibility index (Phi) is 6.49. The molecule has 0 aromatic heterocycles. The molecule has 2 N–H and O–H groups in total. The zero-order chi connectivity index (χ0) is 21.8. The van der Waals surface area contributed by atoms with Gasteiger partial charge < -0.3 is 9.84 Å². The molecule has 0 spiro atoms. The quantitative estimate of drug-likeness (QED) is 0.464. The Bertz CT molecular complexity index is 895. The van der Waals surface area contributed by atoms with Crippen molar-refractivity contribution in [3.63, 3.8) is 0 Å². The molecule has 0 saturated carbocycles. The number of amides is 4. The Hall–Kier alpha value is -3.23. The molecule has 1 saturated heterocycles. The molecule has 3 rings (SSSR count). The van der Waals surface area contributed by atoms with Crippen molar-refractivity contribution < 1.29 is 33.8 Å². The van der Waals surface area contributed by atoms with Gasteiger partial charge in [0.15, 0.2) is 6.10 Å². The van der Waals surface area contributed by atoms with Gasteiger partial charge in [-0.25, -0.2) is 4.79 Å². The van der Waals surface area contributed by atoms with Crippen LogP contribution in [0.2, 0.25) is 0 Å². The van der Waals surface area contributed by atoms with Gasteiger partial charge in [-0.1, -0.05) is 26.2 Å². The van der Waals surface area contributed by atoms with Gasteiger partial charge in [0.2, 0.25) is 11.8 Å². The number of rotatable bonds is 9. The van der Waals surface area contributed by atoms with Gasteiger partial charge in [-0.15, -0.1) is 0 Å². The predicted molar refractivity (Wildman–Crippen MR) is 104 cm³/mol. The molecule has 0 bridgehead atoms. The second-order valence-corrected chi connectivity index (χ2v) is 7.45. The molecule has 2 atom stereocenters. The van der Waals surface area contributed by atoms with E-state index in [0.29, 0.717) is 12.8 Å². The zero-order valence-corrected chi connectivity index (χ0v) is 16.7. The van der Waals surface area contributed by atoms with E-state index >= 15 is 0 Å². The molecule has 2 heterocycles. The molecule has 2 unspecified atom stereocenters. The molecular weight excluding hydrogens is 392 g/mol. The molecule has 2 aliphatic rings. The third kappa shape index (κ3) is 4.34. The van der Waals surface area contributed by atoms with Gasteiger partial charge >= 0.3 is 5.97 Å². The van der Waals surface area contributed by atoms with Crippen molar-refractivity contribution in [2.45, 2.75) is 64.0 Å². The van der Waals surface area contributed by atoms with Crippen LogP contribution in [-0.2, 0) is 14.4 Å². The van der Waals surface area contributed by atoms with Crippen LogP contribution in [0.4, 0.5) is 0 Å². The van der Waals surface area contributed by atoms with E-state index in [0.717, 1.165) is 24.2 Å². The highest BCUT2D eigenvalue weighted by Gasteiger charge is 2.44. The highest BCUT2D eigenvalue weighted by atomic mass is 16.5. The number of fused-ring (bicyclic) bond motifs is 1.